The SMILES string of the molecule is CCCNC(C)c1cnc(CCc2ccccc2)s1. The van der Waals surface area contributed by atoms with Crippen LogP contribution in [0.5, 0.6) is 0 Å². The minimum atomic E-state index is 0.419. The first-order valence-electron chi connectivity index (χ1n) is 7.01. The molecule has 0 saturated heterocycles. The maximum absolute atomic E-state index is 4.54. The monoisotopic (exact) mass is 274 g/mol. The molecule has 0 bridgehead atoms. The average molecular weight is 274 g/mol. The summed E-state index contributed by atoms with van der Waals surface area (Å²) in [6, 6.07) is 11.0. The van der Waals surface area contributed by atoms with Crippen molar-refractivity contribution in [3.63, 3.8) is 0 Å². The molecule has 1 N–H and O–H groups in total. The van der Waals surface area contributed by atoms with Crippen LogP contribution in [-0.4, -0.2) is 11.5 Å². The summed E-state index contributed by atoms with van der Waals surface area (Å²) in [5, 5.41) is 4.75. The van der Waals surface area contributed by atoms with Crippen molar-refractivity contribution in [3.05, 3.63) is 52.0 Å². The fourth-order valence-corrected chi connectivity index (χ4v) is 2.94. The molecule has 0 aliphatic rings. The van der Waals surface area contributed by atoms with Crippen LogP contribution >= 0.6 is 11.3 Å². The highest BCUT2D eigenvalue weighted by atomic mass is 32.1. The molecule has 2 rings (SSSR count). The third-order valence-corrected chi connectivity index (χ3v) is 4.41. The van der Waals surface area contributed by atoms with Crippen LogP contribution in [0, 0.1) is 0 Å². The first-order chi connectivity index (χ1) is 9.29. The molecule has 1 aromatic heterocycles. The van der Waals surface area contributed by atoms with Crippen LogP contribution in [0.15, 0.2) is 36.5 Å². The maximum Gasteiger partial charge on any atom is 0.0931 e. The van der Waals surface area contributed by atoms with Gasteiger partial charge in [0, 0.05) is 23.5 Å². The largest absolute Gasteiger partial charge is 0.309 e. The third kappa shape index (κ3) is 4.44. The molecule has 0 saturated carbocycles. The molecule has 2 aromatic rings. The molecule has 0 fully saturated rings. The number of hydrogen-bond donors (Lipinski definition) is 1. The molecule has 19 heavy (non-hydrogen) atoms. The quantitative estimate of drug-likeness (QED) is 0.826. The fraction of sp³-hybridized carbons (Fsp3) is 0.438. The van der Waals surface area contributed by atoms with Gasteiger partial charge >= 0.3 is 0 Å². The minimum Gasteiger partial charge on any atom is -0.309 e. The van der Waals surface area contributed by atoms with Gasteiger partial charge in [-0.05, 0) is 31.9 Å². The number of rotatable bonds is 7. The molecule has 0 radical (unpaired) electrons. The van der Waals surface area contributed by atoms with E-state index in [-0.39, 0.29) is 0 Å². The van der Waals surface area contributed by atoms with E-state index in [0.29, 0.717) is 6.04 Å². The lowest BCUT2D eigenvalue weighted by molar-refractivity contribution is 0.577. The summed E-state index contributed by atoms with van der Waals surface area (Å²) in [7, 11) is 0. The van der Waals surface area contributed by atoms with Crippen LogP contribution in [0.25, 0.3) is 0 Å². The Morgan fingerprint density at radius 2 is 2.00 bits per heavy atom. The maximum atomic E-state index is 4.54. The highest BCUT2D eigenvalue weighted by Gasteiger charge is 2.08. The molecule has 102 valence electrons. The van der Waals surface area contributed by atoms with Crippen LogP contribution in [0.1, 0.15) is 41.8 Å². The summed E-state index contributed by atoms with van der Waals surface area (Å²) in [6.45, 7) is 5.47. The smallest absolute Gasteiger partial charge is 0.0931 e. The number of nitrogens with zero attached hydrogens (tertiary/aromatic N) is 1. The van der Waals surface area contributed by atoms with Gasteiger partial charge in [-0.2, -0.15) is 0 Å². The highest BCUT2D eigenvalue weighted by molar-refractivity contribution is 7.11. The fourth-order valence-electron chi connectivity index (χ4n) is 2.00. The lowest BCUT2D eigenvalue weighted by Gasteiger charge is -2.09. The lowest BCUT2D eigenvalue weighted by Crippen LogP contribution is -2.18. The van der Waals surface area contributed by atoms with Gasteiger partial charge in [0.05, 0.1) is 5.01 Å². The number of nitrogens with one attached hydrogen (secondary N) is 1. The van der Waals surface area contributed by atoms with E-state index in [9.17, 15) is 0 Å². The molecule has 1 atom stereocenters. The van der Waals surface area contributed by atoms with Crippen LogP contribution in [0.4, 0.5) is 0 Å². The summed E-state index contributed by atoms with van der Waals surface area (Å²) >= 11 is 1.84. The molecule has 1 aromatic carbocycles. The normalized spacial score (nSPS) is 12.5. The molecular formula is C16H22N2S. The Labute approximate surface area is 119 Å². The van der Waals surface area contributed by atoms with Crippen molar-refractivity contribution in [2.75, 3.05) is 6.54 Å². The van der Waals surface area contributed by atoms with Gasteiger partial charge < -0.3 is 5.32 Å². The molecule has 0 aliphatic carbocycles. The molecule has 2 nitrogen and oxygen atoms in total. The van der Waals surface area contributed by atoms with Crippen molar-refractivity contribution in [1.82, 2.24) is 10.3 Å². The van der Waals surface area contributed by atoms with Gasteiger partial charge in [-0.15, -0.1) is 11.3 Å². The van der Waals surface area contributed by atoms with Gasteiger partial charge in [-0.25, -0.2) is 4.98 Å². The number of aryl methyl sites for hydroxylation is 2. The second-order valence-corrected chi connectivity index (χ2v) is 5.96. The number of benzene rings is 1. The summed E-state index contributed by atoms with van der Waals surface area (Å²) in [6.07, 6.45) is 5.31. The Balaban J connectivity index is 1.87. The van der Waals surface area contributed by atoms with Crippen molar-refractivity contribution >= 4 is 11.3 Å². The Morgan fingerprint density at radius 1 is 1.21 bits per heavy atom. The average Bonchev–Trinajstić information content (AvgIpc) is 2.92. The van der Waals surface area contributed by atoms with E-state index < -0.39 is 0 Å². The van der Waals surface area contributed by atoms with Crippen LogP contribution in [-0.2, 0) is 12.8 Å². The Morgan fingerprint density at radius 3 is 2.74 bits per heavy atom. The van der Waals surface area contributed by atoms with E-state index in [1.54, 1.807) is 0 Å². The first-order valence-corrected chi connectivity index (χ1v) is 7.83. The zero-order valence-corrected chi connectivity index (χ0v) is 12.5. The van der Waals surface area contributed by atoms with Crippen molar-refractivity contribution in [2.45, 2.75) is 39.2 Å². The standard InChI is InChI=1S/C16H22N2S/c1-3-11-17-13(2)15-12-18-16(19-15)10-9-14-7-5-4-6-8-14/h4-8,12-13,17H,3,9-11H2,1-2H3. The topological polar surface area (TPSA) is 24.9 Å². The van der Waals surface area contributed by atoms with Gasteiger partial charge in [0.2, 0.25) is 0 Å². The Kier molecular flexibility index (Phi) is 5.55. The molecule has 3 heteroatoms. The summed E-state index contributed by atoms with van der Waals surface area (Å²) < 4.78 is 0. The van der Waals surface area contributed by atoms with Gasteiger partial charge in [-0.3, -0.25) is 0 Å². The summed E-state index contributed by atoms with van der Waals surface area (Å²) in [5.74, 6) is 0. The number of aromatic nitrogens is 1. The zero-order valence-electron chi connectivity index (χ0n) is 11.7. The van der Waals surface area contributed by atoms with E-state index in [1.807, 2.05) is 17.5 Å². The lowest BCUT2D eigenvalue weighted by atomic mass is 10.1. The number of hydrogen-bond acceptors (Lipinski definition) is 3. The van der Waals surface area contributed by atoms with Gasteiger partial charge in [0.25, 0.3) is 0 Å². The number of thiazole rings is 1. The molecule has 1 heterocycles. The van der Waals surface area contributed by atoms with Crippen LogP contribution in [0.3, 0.4) is 0 Å². The second kappa shape index (κ2) is 7.41. The van der Waals surface area contributed by atoms with E-state index >= 15 is 0 Å². The van der Waals surface area contributed by atoms with Crippen LogP contribution in [0.2, 0.25) is 0 Å². The predicted octanol–water partition coefficient (Wildman–Crippen LogP) is 3.99. The third-order valence-electron chi connectivity index (χ3n) is 3.17. The van der Waals surface area contributed by atoms with Crippen molar-refractivity contribution in [2.24, 2.45) is 0 Å². The van der Waals surface area contributed by atoms with E-state index in [2.05, 4.69) is 54.5 Å². The highest BCUT2D eigenvalue weighted by Crippen LogP contribution is 2.21. The Hall–Kier alpha value is -1.19. The van der Waals surface area contributed by atoms with Crippen molar-refractivity contribution in [1.29, 1.82) is 0 Å². The minimum absolute atomic E-state index is 0.419. The van der Waals surface area contributed by atoms with E-state index in [1.165, 1.54) is 21.9 Å². The summed E-state index contributed by atoms with van der Waals surface area (Å²) in [4.78, 5) is 5.88. The van der Waals surface area contributed by atoms with Crippen molar-refractivity contribution < 1.29 is 0 Å². The van der Waals surface area contributed by atoms with Crippen LogP contribution < -0.4 is 5.32 Å². The van der Waals surface area contributed by atoms with Gasteiger partial charge in [0.1, 0.15) is 0 Å². The van der Waals surface area contributed by atoms with Crippen molar-refractivity contribution in [3.8, 4) is 0 Å². The molecule has 0 spiro atoms. The second-order valence-electron chi connectivity index (χ2n) is 4.82. The molecular weight excluding hydrogens is 252 g/mol. The Bertz CT molecular complexity index is 479. The predicted molar refractivity (Wildman–Crippen MR) is 82.7 cm³/mol. The molecule has 0 aliphatic heterocycles. The van der Waals surface area contributed by atoms with E-state index in [4.69, 9.17) is 0 Å². The first kappa shape index (κ1) is 14.2. The summed E-state index contributed by atoms with van der Waals surface area (Å²) in [5.41, 5.74) is 1.39. The zero-order chi connectivity index (χ0) is 13.5. The van der Waals surface area contributed by atoms with Gasteiger partial charge in [-0.1, -0.05) is 37.3 Å². The van der Waals surface area contributed by atoms with Gasteiger partial charge in [0.15, 0.2) is 0 Å². The van der Waals surface area contributed by atoms with E-state index in [0.717, 1.165) is 19.4 Å². The molecule has 0 amide bonds. The molecule has 1 unspecified atom stereocenters.